The Hall–Kier alpha value is -2.49. The highest BCUT2D eigenvalue weighted by molar-refractivity contribution is 6.06. The van der Waals surface area contributed by atoms with Gasteiger partial charge in [0.05, 0.1) is 7.11 Å². The van der Waals surface area contributed by atoms with Gasteiger partial charge in [-0.15, -0.1) is 0 Å². The van der Waals surface area contributed by atoms with Crippen molar-refractivity contribution in [2.24, 2.45) is 0 Å². The van der Waals surface area contributed by atoms with E-state index in [4.69, 9.17) is 4.74 Å². The Bertz CT molecular complexity index is 648. The minimum absolute atomic E-state index is 0.236. The summed E-state index contributed by atoms with van der Waals surface area (Å²) >= 11 is 0. The molecule has 0 unspecified atom stereocenters. The van der Waals surface area contributed by atoms with Crippen LogP contribution in [0.2, 0.25) is 0 Å². The van der Waals surface area contributed by atoms with Gasteiger partial charge >= 0.3 is 0 Å². The molecule has 0 atom stereocenters. The summed E-state index contributed by atoms with van der Waals surface area (Å²) in [5, 5.41) is 0. The molecule has 0 amide bonds. The first kappa shape index (κ1) is 13.9. The van der Waals surface area contributed by atoms with Crippen LogP contribution in [0.4, 0.5) is 4.39 Å². The van der Waals surface area contributed by atoms with Crippen LogP contribution in [0.15, 0.2) is 42.6 Å². The average molecular weight is 271 g/mol. The van der Waals surface area contributed by atoms with Gasteiger partial charge in [0, 0.05) is 23.4 Å². The van der Waals surface area contributed by atoms with E-state index in [0.29, 0.717) is 17.0 Å². The van der Waals surface area contributed by atoms with Gasteiger partial charge in [-0.25, -0.2) is 9.37 Å². The van der Waals surface area contributed by atoms with E-state index < -0.39 is 0 Å². The van der Waals surface area contributed by atoms with Gasteiger partial charge in [-0.2, -0.15) is 0 Å². The number of pyridine rings is 1. The smallest absolute Gasteiger partial charge is 0.212 e. The molecule has 3 nitrogen and oxygen atoms in total. The van der Waals surface area contributed by atoms with Crippen LogP contribution in [0.1, 0.15) is 21.5 Å². The third-order valence-corrected chi connectivity index (χ3v) is 2.80. The van der Waals surface area contributed by atoms with E-state index in [2.05, 4.69) is 4.98 Å². The lowest BCUT2D eigenvalue weighted by Crippen LogP contribution is -1.96. The molecule has 20 heavy (non-hydrogen) atoms. The molecule has 1 aromatic carbocycles. The highest BCUT2D eigenvalue weighted by Gasteiger charge is 2.04. The molecule has 0 radical (unpaired) electrons. The Balaban J connectivity index is 2.15. The van der Waals surface area contributed by atoms with E-state index in [1.165, 1.54) is 31.5 Å². The third-order valence-electron chi connectivity index (χ3n) is 2.80. The third kappa shape index (κ3) is 3.29. The van der Waals surface area contributed by atoms with Crippen LogP contribution >= 0.6 is 0 Å². The van der Waals surface area contributed by atoms with Crippen LogP contribution in [0.25, 0.3) is 6.08 Å². The number of hydrogen-bond acceptors (Lipinski definition) is 3. The van der Waals surface area contributed by atoms with Gasteiger partial charge in [-0.05, 0) is 36.8 Å². The number of aromatic nitrogens is 1. The van der Waals surface area contributed by atoms with Crippen LogP contribution in [-0.2, 0) is 0 Å². The molecule has 2 aromatic rings. The molecule has 1 heterocycles. The molecule has 0 N–H and O–H groups in total. The molecular weight excluding hydrogens is 257 g/mol. The number of hydrogen-bond donors (Lipinski definition) is 0. The van der Waals surface area contributed by atoms with Crippen molar-refractivity contribution in [2.45, 2.75) is 6.92 Å². The van der Waals surface area contributed by atoms with Gasteiger partial charge in [0.1, 0.15) is 5.82 Å². The normalized spacial score (nSPS) is 10.8. The number of benzene rings is 1. The number of methoxy groups -OCH3 is 1. The summed E-state index contributed by atoms with van der Waals surface area (Å²) in [7, 11) is 1.50. The van der Waals surface area contributed by atoms with Crippen molar-refractivity contribution < 1.29 is 13.9 Å². The fraction of sp³-hybridized carbons (Fsp3) is 0.125. The Morgan fingerprint density at radius 3 is 2.70 bits per heavy atom. The van der Waals surface area contributed by atoms with Gasteiger partial charge in [-0.1, -0.05) is 12.1 Å². The van der Waals surface area contributed by atoms with E-state index in [1.54, 1.807) is 24.3 Å². The largest absolute Gasteiger partial charge is 0.481 e. The summed E-state index contributed by atoms with van der Waals surface area (Å²) in [6, 6.07) is 8.08. The number of rotatable bonds is 4. The van der Waals surface area contributed by atoms with Crippen LogP contribution in [0, 0.1) is 12.7 Å². The zero-order chi connectivity index (χ0) is 14.5. The van der Waals surface area contributed by atoms with Crippen molar-refractivity contribution in [3.05, 3.63) is 65.1 Å². The van der Waals surface area contributed by atoms with Crippen LogP contribution in [0.3, 0.4) is 0 Å². The number of halogens is 1. The molecule has 0 bridgehead atoms. The monoisotopic (exact) mass is 271 g/mol. The number of nitrogens with zero attached hydrogens (tertiary/aromatic N) is 1. The van der Waals surface area contributed by atoms with Crippen molar-refractivity contribution in [3.8, 4) is 5.88 Å². The first-order valence-corrected chi connectivity index (χ1v) is 6.09. The van der Waals surface area contributed by atoms with Gasteiger partial charge < -0.3 is 4.74 Å². The lowest BCUT2D eigenvalue weighted by atomic mass is 10.1. The second kappa shape index (κ2) is 6.10. The summed E-state index contributed by atoms with van der Waals surface area (Å²) in [6.07, 6.45) is 4.22. The van der Waals surface area contributed by atoms with Gasteiger partial charge in [0.15, 0.2) is 5.78 Å². The molecule has 0 aliphatic rings. The Morgan fingerprint density at radius 1 is 1.30 bits per heavy atom. The first-order valence-electron chi connectivity index (χ1n) is 6.09. The number of ether oxygens (including phenoxy) is 1. The highest BCUT2D eigenvalue weighted by Crippen LogP contribution is 2.13. The minimum atomic E-state index is -0.345. The summed E-state index contributed by atoms with van der Waals surface area (Å²) < 4.78 is 18.5. The fourth-order valence-corrected chi connectivity index (χ4v) is 1.68. The summed E-state index contributed by atoms with van der Waals surface area (Å²) in [6.45, 7) is 1.81. The highest BCUT2D eigenvalue weighted by atomic mass is 19.1. The molecule has 1 aromatic heterocycles. The lowest BCUT2D eigenvalue weighted by molar-refractivity contribution is 0.104. The Kier molecular flexibility index (Phi) is 4.25. The molecular formula is C16H14FNO2. The average Bonchev–Trinajstić information content (AvgIpc) is 2.46. The molecule has 102 valence electrons. The van der Waals surface area contributed by atoms with E-state index in [9.17, 15) is 9.18 Å². The predicted molar refractivity (Wildman–Crippen MR) is 75.3 cm³/mol. The topological polar surface area (TPSA) is 39.2 Å². The zero-order valence-electron chi connectivity index (χ0n) is 11.3. The fourth-order valence-electron chi connectivity index (χ4n) is 1.68. The van der Waals surface area contributed by atoms with E-state index in [1.807, 2.05) is 6.92 Å². The Labute approximate surface area is 116 Å². The molecule has 0 spiro atoms. The molecule has 0 saturated carbocycles. The lowest BCUT2D eigenvalue weighted by Gasteiger charge is -2.00. The second-order valence-electron chi connectivity index (χ2n) is 4.31. The van der Waals surface area contributed by atoms with Crippen molar-refractivity contribution in [2.75, 3.05) is 7.11 Å². The van der Waals surface area contributed by atoms with Gasteiger partial charge in [0.25, 0.3) is 0 Å². The maximum Gasteiger partial charge on any atom is 0.212 e. The van der Waals surface area contributed by atoms with Gasteiger partial charge in [-0.3, -0.25) is 4.79 Å². The van der Waals surface area contributed by atoms with E-state index >= 15 is 0 Å². The first-order chi connectivity index (χ1) is 9.60. The summed E-state index contributed by atoms with van der Waals surface area (Å²) in [4.78, 5) is 15.9. The standard InChI is InChI=1S/C16H14FNO2/c1-11-3-4-12(14(17)9-11)5-7-15(19)13-6-8-16(20-2)18-10-13/h3-10H,1-2H3. The number of carbonyl (C=O) groups is 1. The number of allylic oxidation sites excluding steroid dienone is 1. The van der Waals surface area contributed by atoms with E-state index in [0.717, 1.165) is 5.56 Å². The van der Waals surface area contributed by atoms with E-state index in [-0.39, 0.29) is 11.6 Å². The maximum atomic E-state index is 13.6. The second-order valence-corrected chi connectivity index (χ2v) is 4.31. The quantitative estimate of drug-likeness (QED) is 0.631. The number of carbonyl (C=O) groups excluding carboxylic acids is 1. The number of ketones is 1. The molecule has 2 rings (SSSR count). The van der Waals surface area contributed by atoms with Crippen LogP contribution < -0.4 is 4.74 Å². The predicted octanol–water partition coefficient (Wildman–Crippen LogP) is 3.43. The zero-order valence-corrected chi connectivity index (χ0v) is 11.3. The van der Waals surface area contributed by atoms with Crippen molar-refractivity contribution in [1.82, 2.24) is 4.98 Å². The number of aryl methyl sites for hydroxylation is 1. The van der Waals surface area contributed by atoms with Crippen LogP contribution in [0.5, 0.6) is 5.88 Å². The van der Waals surface area contributed by atoms with Crippen molar-refractivity contribution >= 4 is 11.9 Å². The summed E-state index contributed by atoms with van der Waals surface area (Å²) in [5.74, 6) is -0.142. The molecule has 0 saturated heterocycles. The molecule has 0 aliphatic carbocycles. The van der Waals surface area contributed by atoms with Crippen molar-refractivity contribution in [1.29, 1.82) is 0 Å². The van der Waals surface area contributed by atoms with Crippen LogP contribution in [-0.4, -0.2) is 17.9 Å². The Morgan fingerprint density at radius 2 is 2.10 bits per heavy atom. The maximum absolute atomic E-state index is 13.6. The summed E-state index contributed by atoms with van der Waals surface area (Å²) in [5.41, 5.74) is 1.64. The minimum Gasteiger partial charge on any atom is -0.481 e. The SMILES string of the molecule is COc1ccc(C(=O)C=Cc2ccc(C)cc2F)cn1. The molecule has 0 aliphatic heterocycles. The van der Waals surface area contributed by atoms with Gasteiger partial charge in [0.2, 0.25) is 5.88 Å². The van der Waals surface area contributed by atoms with Crippen molar-refractivity contribution in [3.63, 3.8) is 0 Å². The molecule has 0 fully saturated rings. The molecule has 4 heteroatoms.